The number of benzene rings is 2. The van der Waals surface area contributed by atoms with Crippen LogP contribution in [-0.2, 0) is 6.54 Å². The fourth-order valence-corrected chi connectivity index (χ4v) is 3.29. The average Bonchev–Trinajstić information content (AvgIpc) is 2.96. The molecule has 3 aromatic rings. The first kappa shape index (κ1) is 17.2. The standard InChI is InChI=1S/C21H24N2O2/c1-14-20(18-10-5-6-11-19(18)22-14)21(24)15(2)23(3)13-16-8-7-9-17(12-16)25-4/h5-12,15,22H,13H2,1-4H3/p+1/t15-/m1/s1. The Bertz CT molecular complexity index is 898. The number of nitrogens with one attached hydrogen (secondary N) is 2. The van der Waals surface area contributed by atoms with E-state index in [4.69, 9.17) is 4.74 Å². The summed E-state index contributed by atoms with van der Waals surface area (Å²) in [6.45, 7) is 4.74. The molecule has 1 unspecified atom stereocenters. The summed E-state index contributed by atoms with van der Waals surface area (Å²) in [6, 6.07) is 15.9. The highest BCUT2D eigenvalue weighted by Crippen LogP contribution is 2.23. The van der Waals surface area contributed by atoms with E-state index >= 15 is 0 Å². The van der Waals surface area contributed by atoms with Gasteiger partial charge in [-0.2, -0.15) is 0 Å². The molecule has 2 aromatic carbocycles. The van der Waals surface area contributed by atoms with Crippen LogP contribution in [0.5, 0.6) is 5.75 Å². The maximum atomic E-state index is 13.1. The zero-order valence-corrected chi connectivity index (χ0v) is 15.2. The van der Waals surface area contributed by atoms with Crippen LogP contribution in [0, 0.1) is 6.92 Å². The molecule has 4 nitrogen and oxygen atoms in total. The molecule has 25 heavy (non-hydrogen) atoms. The summed E-state index contributed by atoms with van der Waals surface area (Å²) in [5.41, 5.74) is 3.92. The molecule has 0 aliphatic carbocycles. The molecule has 0 aliphatic heterocycles. The first-order valence-corrected chi connectivity index (χ1v) is 8.58. The first-order valence-electron chi connectivity index (χ1n) is 8.58. The number of fused-ring (bicyclic) bond motifs is 1. The molecule has 0 fully saturated rings. The highest BCUT2D eigenvalue weighted by atomic mass is 16.5. The van der Waals surface area contributed by atoms with Crippen LogP contribution in [0.2, 0.25) is 0 Å². The van der Waals surface area contributed by atoms with E-state index in [0.717, 1.165) is 44.9 Å². The van der Waals surface area contributed by atoms with Gasteiger partial charge in [-0.3, -0.25) is 4.79 Å². The predicted octanol–water partition coefficient (Wildman–Crippen LogP) is 2.77. The Hall–Kier alpha value is -2.59. The van der Waals surface area contributed by atoms with E-state index in [1.807, 2.05) is 56.3 Å². The van der Waals surface area contributed by atoms with Gasteiger partial charge in [0.1, 0.15) is 18.3 Å². The van der Waals surface area contributed by atoms with Crippen molar-refractivity contribution in [2.75, 3.05) is 14.2 Å². The number of aromatic amines is 1. The van der Waals surface area contributed by atoms with E-state index in [2.05, 4.69) is 18.1 Å². The molecule has 1 heterocycles. The number of methoxy groups -OCH3 is 1. The zero-order valence-electron chi connectivity index (χ0n) is 15.2. The van der Waals surface area contributed by atoms with Gasteiger partial charge in [0.15, 0.2) is 0 Å². The number of carbonyl (C=O) groups is 1. The molecule has 0 radical (unpaired) electrons. The summed E-state index contributed by atoms with van der Waals surface area (Å²) in [5.74, 6) is 1.02. The van der Waals surface area contributed by atoms with E-state index in [1.165, 1.54) is 0 Å². The summed E-state index contributed by atoms with van der Waals surface area (Å²) >= 11 is 0. The maximum Gasteiger partial charge on any atom is 0.222 e. The van der Waals surface area contributed by atoms with Crippen molar-refractivity contribution in [1.82, 2.24) is 4.98 Å². The van der Waals surface area contributed by atoms with Crippen LogP contribution in [0.3, 0.4) is 0 Å². The molecule has 2 atom stereocenters. The Morgan fingerprint density at radius 2 is 1.96 bits per heavy atom. The minimum Gasteiger partial charge on any atom is -0.497 e. The third-order valence-electron chi connectivity index (χ3n) is 4.89. The minimum atomic E-state index is -0.135. The van der Waals surface area contributed by atoms with E-state index < -0.39 is 0 Å². The van der Waals surface area contributed by atoms with Gasteiger partial charge in [-0.05, 0) is 32.0 Å². The number of hydrogen-bond acceptors (Lipinski definition) is 2. The Morgan fingerprint density at radius 1 is 1.20 bits per heavy atom. The highest BCUT2D eigenvalue weighted by Gasteiger charge is 2.27. The molecule has 4 heteroatoms. The van der Waals surface area contributed by atoms with E-state index in [1.54, 1.807) is 7.11 Å². The van der Waals surface area contributed by atoms with Crippen LogP contribution in [0.4, 0.5) is 0 Å². The number of ether oxygens (including phenoxy) is 1. The number of aryl methyl sites for hydroxylation is 1. The monoisotopic (exact) mass is 337 g/mol. The second kappa shape index (κ2) is 7.11. The number of aromatic nitrogens is 1. The lowest BCUT2D eigenvalue weighted by Crippen LogP contribution is -3.12. The van der Waals surface area contributed by atoms with Gasteiger partial charge in [-0.1, -0.05) is 30.3 Å². The number of rotatable bonds is 6. The largest absolute Gasteiger partial charge is 0.497 e. The van der Waals surface area contributed by atoms with Gasteiger partial charge in [0.2, 0.25) is 5.78 Å². The van der Waals surface area contributed by atoms with Crippen molar-refractivity contribution >= 4 is 16.7 Å². The number of likely N-dealkylation sites (N-methyl/N-ethyl adjacent to an activating group) is 1. The molecule has 2 N–H and O–H groups in total. The fourth-order valence-electron chi connectivity index (χ4n) is 3.29. The maximum absolute atomic E-state index is 13.1. The van der Waals surface area contributed by atoms with Gasteiger partial charge in [0, 0.05) is 22.2 Å². The van der Waals surface area contributed by atoms with E-state index in [0.29, 0.717) is 0 Å². The first-order chi connectivity index (χ1) is 12.0. The number of hydrogen-bond donors (Lipinski definition) is 2. The Kier molecular flexibility index (Phi) is 4.91. The van der Waals surface area contributed by atoms with Gasteiger partial charge in [-0.15, -0.1) is 0 Å². The molecule has 0 amide bonds. The van der Waals surface area contributed by atoms with Gasteiger partial charge >= 0.3 is 0 Å². The molecular weight excluding hydrogens is 312 g/mol. The van der Waals surface area contributed by atoms with Crippen molar-refractivity contribution in [3.05, 3.63) is 65.4 Å². The molecule has 0 aliphatic rings. The lowest BCUT2D eigenvalue weighted by Gasteiger charge is -2.21. The third kappa shape index (κ3) is 3.44. The lowest BCUT2D eigenvalue weighted by atomic mass is 10.0. The molecule has 130 valence electrons. The Morgan fingerprint density at radius 3 is 2.72 bits per heavy atom. The van der Waals surface area contributed by atoms with Crippen LogP contribution < -0.4 is 9.64 Å². The Balaban J connectivity index is 1.82. The summed E-state index contributed by atoms with van der Waals surface area (Å²) < 4.78 is 5.29. The predicted molar refractivity (Wildman–Crippen MR) is 100 cm³/mol. The molecule has 0 bridgehead atoms. The number of para-hydroxylation sites is 1. The van der Waals surface area contributed by atoms with E-state index in [-0.39, 0.29) is 11.8 Å². The van der Waals surface area contributed by atoms with Crippen LogP contribution >= 0.6 is 0 Å². The number of Topliss-reactive ketones (excluding diaryl/α,β-unsaturated/α-hetero) is 1. The summed E-state index contributed by atoms with van der Waals surface area (Å²) in [4.78, 5) is 17.6. The van der Waals surface area contributed by atoms with Crippen molar-refractivity contribution in [2.24, 2.45) is 0 Å². The van der Waals surface area contributed by atoms with Crippen molar-refractivity contribution < 1.29 is 14.4 Å². The molecule has 0 saturated carbocycles. The molecule has 0 spiro atoms. The Labute approximate surface area is 148 Å². The normalized spacial score (nSPS) is 13.6. The molecular formula is C21H25N2O2+. The third-order valence-corrected chi connectivity index (χ3v) is 4.89. The topological polar surface area (TPSA) is 46.5 Å². The van der Waals surface area contributed by atoms with Crippen LogP contribution in [0.1, 0.15) is 28.5 Å². The molecule has 0 saturated heterocycles. The van der Waals surface area contributed by atoms with Gasteiger partial charge < -0.3 is 14.6 Å². The number of quaternary nitrogens is 1. The van der Waals surface area contributed by atoms with Crippen molar-refractivity contribution in [1.29, 1.82) is 0 Å². The number of H-pyrrole nitrogens is 1. The summed E-state index contributed by atoms with van der Waals surface area (Å²) in [6.07, 6.45) is 0. The quantitative estimate of drug-likeness (QED) is 0.680. The van der Waals surface area contributed by atoms with Gasteiger partial charge in [-0.25, -0.2) is 0 Å². The second-order valence-corrected chi connectivity index (χ2v) is 6.63. The van der Waals surface area contributed by atoms with Crippen molar-refractivity contribution in [2.45, 2.75) is 26.4 Å². The van der Waals surface area contributed by atoms with Crippen molar-refractivity contribution in [3.63, 3.8) is 0 Å². The molecule has 3 rings (SSSR count). The fraction of sp³-hybridized carbons (Fsp3) is 0.286. The second-order valence-electron chi connectivity index (χ2n) is 6.63. The average molecular weight is 337 g/mol. The van der Waals surface area contributed by atoms with Gasteiger partial charge in [0.25, 0.3) is 0 Å². The minimum absolute atomic E-state index is 0.135. The summed E-state index contributed by atoms with van der Waals surface area (Å²) in [5, 5.41) is 1.01. The molecule has 1 aromatic heterocycles. The smallest absolute Gasteiger partial charge is 0.222 e. The number of carbonyl (C=O) groups excluding carboxylic acids is 1. The summed E-state index contributed by atoms with van der Waals surface area (Å²) in [7, 11) is 3.73. The van der Waals surface area contributed by atoms with Crippen molar-refractivity contribution in [3.8, 4) is 5.75 Å². The van der Waals surface area contributed by atoms with Crippen LogP contribution in [0.25, 0.3) is 10.9 Å². The van der Waals surface area contributed by atoms with Gasteiger partial charge in [0.05, 0.1) is 19.7 Å². The zero-order chi connectivity index (χ0) is 18.0. The highest BCUT2D eigenvalue weighted by molar-refractivity contribution is 6.10. The van der Waals surface area contributed by atoms with Crippen LogP contribution in [0.15, 0.2) is 48.5 Å². The SMILES string of the molecule is COc1cccc(C[NH+](C)[C@H](C)C(=O)c2c(C)[nH]c3ccccc23)c1. The lowest BCUT2D eigenvalue weighted by molar-refractivity contribution is -0.907. The van der Waals surface area contributed by atoms with E-state index in [9.17, 15) is 4.79 Å². The number of ketones is 1. The van der Waals surface area contributed by atoms with Crippen LogP contribution in [-0.4, -0.2) is 31.0 Å².